The number of carbonyl (C=O) groups is 4. The van der Waals surface area contributed by atoms with E-state index in [2.05, 4.69) is 5.32 Å². The van der Waals surface area contributed by atoms with Crippen molar-refractivity contribution in [2.24, 2.45) is 11.8 Å². The SMILES string of the molecule is CCC(CC)NC(=O)COC(=O)CCN1C(=O)[C@H]2CC=CC[C@H]2C1=O. The van der Waals surface area contributed by atoms with E-state index in [0.717, 1.165) is 17.7 Å². The minimum Gasteiger partial charge on any atom is -0.456 e. The standard InChI is InChI=1S/C18H26N2O5/c1-3-12(4-2)19-15(21)11-25-16(22)9-10-20-17(23)13-7-5-6-8-14(13)18(20)24/h5-6,12-14H,3-4,7-11H2,1-2H3,(H,19,21)/t13-,14+. The second kappa shape index (κ2) is 8.78. The van der Waals surface area contributed by atoms with E-state index in [1.54, 1.807) is 0 Å². The summed E-state index contributed by atoms with van der Waals surface area (Å²) < 4.78 is 4.93. The molecule has 0 saturated carbocycles. The van der Waals surface area contributed by atoms with Crippen molar-refractivity contribution in [3.63, 3.8) is 0 Å². The van der Waals surface area contributed by atoms with Crippen molar-refractivity contribution >= 4 is 23.7 Å². The number of amides is 3. The van der Waals surface area contributed by atoms with E-state index in [0.29, 0.717) is 12.8 Å². The summed E-state index contributed by atoms with van der Waals surface area (Å²) in [6.07, 6.45) is 6.52. The molecule has 0 aromatic rings. The van der Waals surface area contributed by atoms with Crippen molar-refractivity contribution in [2.75, 3.05) is 13.2 Å². The van der Waals surface area contributed by atoms with Crippen LogP contribution in [0, 0.1) is 11.8 Å². The van der Waals surface area contributed by atoms with E-state index in [-0.39, 0.29) is 55.2 Å². The molecule has 3 amide bonds. The largest absolute Gasteiger partial charge is 0.456 e. The minimum atomic E-state index is -0.590. The van der Waals surface area contributed by atoms with Crippen LogP contribution in [0.1, 0.15) is 46.0 Å². The summed E-state index contributed by atoms with van der Waals surface area (Å²) in [5.74, 6) is -1.93. The zero-order valence-corrected chi connectivity index (χ0v) is 14.8. The van der Waals surface area contributed by atoms with Crippen LogP contribution in [0.3, 0.4) is 0 Å². The monoisotopic (exact) mass is 350 g/mol. The highest BCUT2D eigenvalue weighted by molar-refractivity contribution is 6.05. The van der Waals surface area contributed by atoms with E-state index >= 15 is 0 Å². The maximum atomic E-state index is 12.3. The Kier molecular flexibility index (Phi) is 6.73. The van der Waals surface area contributed by atoms with Gasteiger partial charge in [-0.25, -0.2) is 0 Å². The Morgan fingerprint density at radius 3 is 2.24 bits per heavy atom. The number of hydrogen-bond acceptors (Lipinski definition) is 5. The van der Waals surface area contributed by atoms with Gasteiger partial charge >= 0.3 is 5.97 Å². The Morgan fingerprint density at radius 2 is 1.72 bits per heavy atom. The molecule has 1 heterocycles. The number of carbonyl (C=O) groups excluding carboxylic acids is 4. The first-order valence-corrected chi connectivity index (χ1v) is 8.93. The van der Waals surface area contributed by atoms with Gasteiger partial charge in [-0.3, -0.25) is 24.1 Å². The molecule has 138 valence electrons. The quantitative estimate of drug-likeness (QED) is 0.403. The Morgan fingerprint density at radius 1 is 1.16 bits per heavy atom. The van der Waals surface area contributed by atoms with Crippen LogP contribution in [-0.2, 0) is 23.9 Å². The summed E-state index contributed by atoms with van der Waals surface area (Å²) in [4.78, 5) is 49.2. The number of nitrogens with one attached hydrogen (secondary N) is 1. The van der Waals surface area contributed by atoms with Crippen LogP contribution in [0.4, 0.5) is 0 Å². The molecule has 7 nitrogen and oxygen atoms in total. The molecule has 25 heavy (non-hydrogen) atoms. The van der Waals surface area contributed by atoms with Crippen molar-refractivity contribution in [1.29, 1.82) is 0 Å². The summed E-state index contributed by atoms with van der Waals surface area (Å²) in [6, 6.07) is 0.0722. The van der Waals surface area contributed by atoms with E-state index in [1.807, 2.05) is 26.0 Å². The van der Waals surface area contributed by atoms with Crippen LogP contribution in [0.2, 0.25) is 0 Å². The molecule has 2 aliphatic rings. The summed E-state index contributed by atoms with van der Waals surface area (Å²) in [7, 11) is 0. The van der Waals surface area contributed by atoms with E-state index < -0.39 is 5.97 Å². The number of rotatable bonds is 8. The van der Waals surface area contributed by atoms with Crippen molar-refractivity contribution < 1.29 is 23.9 Å². The van der Waals surface area contributed by atoms with Gasteiger partial charge in [-0.15, -0.1) is 0 Å². The van der Waals surface area contributed by atoms with Gasteiger partial charge in [0.25, 0.3) is 5.91 Å². The van der Waals surface area contributed by atoms with Crippen LogP contribution in [0.5, 0.6) is 0 Å². The first kappa shape index (κ1) is 19.1. The van der Waals surface area contributed by atoms with Crippen molar-refractivity contribution in [2.45, 2.75) is 52.0 Å². The summed E-state index contributed by atoms with van der Waals surface area (Å²) in [6.45, 7) is 3.61. The average Bonchev–Trinajstić information content (AvgIpc) is 2.87. The molecule has 0 bridgehead atoms. The number of fused-ring (bicyclic) bond motifs is 1. The molecular weight excluding hydrogens is 324 g/mol. The minimum absolute atomic E-state index is 0.0116. The van der Waals surface area contributed by atoms with Gasteiger partial charge in [-0.1, -0.05) is 26.0 Å². The second-order valence-corrected chi connectivity index (χ2v) is 6.48. The number of esters is 1. The lowest BCUT2D eigenvalue weighted by atomic mass is 9.85. The fourth-order valence-corrected chi connectivity index (χ4v) is 3.27. The predicted octanol–water partition coefficient (Wildman–Crippen LogP) is 1.18. The van der Waals surface area contributed by atoms with Gasteiger partial charge in [0.15, 0.2) is 6.61 Å². The molecule has 0 aromatic carbocycles. The van der Waals surface area contributed by atoms with Gasteiger partial charge in [0.2, 0.25) is 11.8 Å². The maximum absolute atomic E-state index is 12.3. The second-order valence-electron chi connectivity index (χ2n) is 6.48. The molecule has 1 aliphatic heterocycles. The predicted molar refractivity (Wildman–Crippen MR) is 90.2 cm³/mol. The lowest BCUT2D eigenvalue weighted by Gasteiger charge is -2.15. The fourth-order valence-electron chi connectivity index (χ4n) is 3.27. The Labute approximate surface area is 147 Å². The topological polar surface area (TPSA) is 92.8 Å². The van der Waals surface area contributed by atoms with Gasteiger partial charge in [-0.2, -0.15) is 0 Å². The third kappa shape index (κ3) is 4.67. The van der Waals surface area contributed by atoms with Gasteiger partial charge in [0, 0.05) is 12.6 Å². The maximum Gasteiger partial charge on any atom is 0.308 e. The molecule has 1 saturated heterocycles. The van der Waals surface area contributed by atoms with Gasteiger partial charge in [0.05, 0.1) is 18.3 Å². The number of imide groups is 1. The number of ether oxygens (including phenoxy) is 1. The third-order valence-corrected chi connectivity index (χ3v) is 4.85. The highest BCUT2D eigenvalue weighted by Gasteiger charge is 2.46. The average molecular weight is 350 g/mol. The first-order chi connectivity index (χ1) is 12.0. The zero-order valence-electron chi connectivity index (χ0n) is 14.8. The summed E-state index contributed by atoms with van der Waals surface area (Å²) >= 11 is 0. The molecule has 0 radical (unpaired) electrons. The molecule has 0 aromatic heterocycles. The molecule has 1 aliphatic carbocycles. The molecular formula is C18H26N2O5. The van der Waals surface area contributed by atoms with Crippen molar-refractivity contribution in [3.05, 3.63) is 12.2 Å². The molecule has 1 fully saturated rings. The lowest BCUT2D eigenvalue weighted by molar-refractivity contribution is -0.150. The fraction of sp³-hybridized carbons (Fsp3) is 0.667. The third-order valence-electron chi connectivity index (χ3n) is 4.85. The summed E-state index contributed by atoms with van der Waals surface area (Å²) in [5, 5.41) is 2.78. The van der Waals surface area contributed by atoms with E-state index in [9.17, 15) is 19.2 Å². The number of allylic oxidation sites excluding steroid dienone is 2. The zero-order chi connectivity index (χ0) is 18.4. The highest BCUT2D eigenvalue weighted by atomic mass is 16.5. The van der Waals surface area contributed by atoms with Gasteiger partial charge in [-0.05, 0) is 25.7 Å². The van der Waals surface area contributed by atoms with Gasteiger partial charge in [0.1, 0.15) is 0 Å². The first-order valence-electron chi connectivity index (χ1n) is 8.93. The molecule has 0 unspecified atom stereocenters. The number of likely N-dealkylation sites (tertiary alicyclic amines) is 1. The van der Waals surface area contributed by atoms with Crippen molar-refractivity contribution in [3.8, 4) is 0 Å². The van der Waals surface area contributed by atoms with Crippen LogP contribution in [0.15, 0.2) is 12.2 Å². The number of hydrogen-bond donors (Lipinski definition) is 1. The Bertz CT molecular complexity index is 542. The van der Waals surface area contributed by atoms with Crippen LogP contribution < -0.4 is 5.32 Å². The molecule has 7 heteroatoms. The molecule has 0 spiro atoms. The Balaban J connectivity index is 1.74. The van der Waals surface area contributed by atoms with Crippen LogP contribution in [0.25, 0.3) is 0 Å². The van der Waals surface area contributed by atoms with Crippen molar-refractivity contribution in [1.82, 2.24) is 10.2 Å². The van der Waals surface area contributed by atoms with Gasteiger partial charge < -0.3 is 10.1 Å². The van der Waals surface area contributed by atoms with E-state index in [4.69, 9.17) is 4.74 Å². The lowest BCUT2D eigenvalue weighted by Crippen LogP contribution is -2.37. The summed E-state index contributed by atoms with van der Waals surface area (Å²) in [5.41, 5.74) is 0. The smallest absolute Gasteiger partial charge is 0.308 e. The Hall–Kier alpha value is -2.18. The molecule has 2 rings (SSSR count). The van der Waals surface area contributed by atoms with Crippen LogP contribution >= 0.6 is 0 Å². The number of nitrogens with zero attached hydrogens (tertiary/aromatic N) is 1. The molecule has 1 N–H and O–H groups in total. The van der Waals surface area contributed by atoms with E-state index in [1.165, 1.54) is 0 Å². The normalized spacial score (nSPS) is 22.3. The molecule has 2 atom stereocenters. The highest BCUT2D eigenvalue weighted by Crippen LogP contribution is 2.34. The van der Waals surface area contributed by atoms with Crippen LogP contribution in [-0.4, -0.2) is 47.8 Å².